The summed E-state index contributed by atoms with van der Waals surface area (Å²) in [5.74, 6) is 0.697. The number of amides is 1. The zero-order valence-corrected chi connectivity index (χ0v) is 17.3. The maximum Gasteiger partial charge on any atom is 0.242 e. The number of nitrogens with one attached hydrogen (secondary N) is 1. The second-order valence-electron chi connectivity index (χ2n) is 7.56. The quantitative estimate of drug-likeness (QED) is 0.794. The van der Waals surface area contributed by atoms with E-state index in [-0.39, 0.29) is 18.0 Å². The first-order valence-electron chi connectivity index (χ1n) is 9.92. The number of nitrogens with zero attached hydrogens (tertiary/aromatic N) is 4. The van der Waals surface area contributed by atoms with E-state index < -0.39 is 0 Å². The molecule has 0 unspecified atom stereocenters. The molecule has 7 heteroatoms. The summed E-state index contributed by atoms with van der Waals surface area (Å²) in [4.78, 5) is 17.2. The number of carbonyl (C=O) groups is 1. The van der Waals surface area contributed by atoms with Crippen LogP contribution in [0.2, 0.25) is 0 Å². The van der Waals surface area contributed by atoms with Crippen LogP contribution in [0.5, 0.6) is 0 Å². The summed E-state index contributed by atoms with van der Waals surface area (Å²) in [7, 11) is 1.99. The highest BCUT2D eigenvalue weighted by atomic mass is 16.5. The molecule has 152 valence electrons. The molecule has 1 N–H and O–H groups in total. The van der Waals surface area contributed by atoms with Crippen LogP contribution >= 0.6 is 0 Å². The lowest BCUT2D eigenvalue weighted by Crippen LogP contribution is -2.40. The average molecular weight is 386 g/mol. The third-order valence-electron chi connectivity index (χ3n) is 5.21. The van der Waals surface area contributed by atoms with Crippen molar-refractivity contribution in [2.45, 2.75) is 39.4 Å². The van der Waals surface area contributed by atoms with E-state index in [0.29, 0.717) is 6.54 Å². The number of anilines is 2. The van der Waals surface area contributed by atoms with E-state index in [0.717, 1.165) is 32.1 Å². The van der Waals surface area contributed by atoms with Gasteiger partial charge in [-0.05, 0) is 39.4 Å². The second kappa shape index (κ2) is 9.21. The molecular weight excluding hydrogens is 354 g/mol. The highest BCUT2D eigenvalue weighted by Gasteiger charge is 2.22. The molecule has 0 saturated carbocycles. The minimum absolute atomic E-state index is 0.0336. The Kier molecular flexibility index (Phi) is 6.70. The summed E-state index contributed by atoms with van der Waals surface area (Å²) in [6.07, 6.45) is 1.71. The SMILES string of the molecule is CC(C)n1nccc1NC(=O)[C@H](C)N(C)Cc1ccccc1N1CCOCC1. The number of hydrogen-bond donors (Lipinski definition) is 1. The fraction of sp³-hybridized carbons (Fsp3) is 0.524. The number of rotatable bonds is 7. The van der Waals surface area contributed by atoms with Gasteiger partial charge < -0.3 is 15.0 Å². The predicted octanol–water partition coefficient (Wildman–Crippen LogP) is 2.76. The van der Waals surface area contributed by atoms with Crippen molar-refractivity contribution in [3.8, 4) is 0 Å². The molecule has 1 aromatic heterocycles. The minimum Gasteiger partial charge on any atom is -0.378 e. The van der Waals surface area contributed by atoms with Crippen molar-refractivity contribution >= 4 is 17.4 Å². The number of carbonyl (C=O) groups excluding carboxylic acids is 1. The standard InChI is InChI=1S/C21H31N5O2/c1-16(2)26-20(9-10-22-26)23-21(27)17(3)24(4)15-18-7-5-6-8-19(18)25-11-13-28-14-12-25/h5-10,16-17H,11-15H2,1-4H3,(H,23,27)/t17-/m0/s1. The van der Waals surface area contributed by atoms with Gasteiger partial charge in [-0.15, -0.1) is 0 Å². The molecule has 1 aromatic carbocycles. The fourth-order valence-corrected chi connectivity index (χ4v) is 3.42. The van der Waals surface area contributed by atoms with Gasteiger partial charge in [0.25, 0.3) is 0 Å². The molecule has 1 aliphatic heterocycles. The van der Waals surface area contributed by atoms with Crippen LogP contribution in [0, 0.1) is 0 Å². The lowest BCUT2D eigenvalue weighted by Gasteiger charge is -2.32. The van der Waals surface area contributed by atoms with Crippen LogP contribution in [0.3, 0.4) is 0 Å². The number of para-hydroxylation sites is 1. The van der Waals surface area contributed by atoms with Gasteiger partial charge in [0.2, 0.25) is 5.91 Å². The number of morpholine rings is 1. The molecule has 2 aromatic rings. The first kappa shape index (κ1) is 20.4. The van der Waals surface area contributed by atoms with E-state index in [4.69, 9.17) is 4.74 Å². The van der Waals surface area contributed by atoms with E-state index in [2.05, 4.69) is 44.5 Å². The fourth-order valence-electron chi connectivity index (χ4n) is 3.42. The highest BCUT2D eigenvalue weighted by Crippen LogP contribution is 2.23. The third-order valence-corrected chi connectivity index (χ3v) is 5.21. The van der Waals surface area contributed by atoms with Crippen molar-refractivity contribution in [3.05, 3.63) is 42.1 Å². The Balaban J connectivity index is 1.66. The average Bonchev–Trinajstić information content (AvgIpc) is 3.17. The monoisotopic (exact) mass is 385 g/mol. The number of likely N-dealkylation sites (N-methyl/N-ethyl adjacent to an activating group) is 1. The molecule has 1 atom stereocenters. The second-order valence-corrected chi connectivity index (χ2v) is 7.56. The molecule has 1 aliphatic rings. The van der Waals surface area contributed by atoms with Gasteiger partial charge in [0.1, 0.15) is 5.82 Å². The van der Waals surface area contributed by atoms with Gasteiger partial charge >= 0.3 is 0 Å². The molecule has 0 bridgehead atoms. The minimum atomic E-state index is -0.270. The van der Waals surface area contributed by atoms with Gasteiger partial charge in [-0.2, -0.15) is 5.10 Å². The van der Waals surface area contributed by atoms with E-state index in [9.17, 15) is 4.79 Å². The van der Waals surface area contributed by atoms with E-state index in [1.54, 1.807) is 6.20 Å². The van der Waals surface area contributed by atoms with Crippen LogP contribution in [-0.2, 0) is 16.1 Å². The molecule has 7 nitrogen and oxygen atoms in total. The van der Waals surface area contributed by atoms with E-state index >= 15 is 0 Å². The Morgan fingerprint density at radius 3 is 2.64 bits per heavy atom. The summed E-state index contributed by atoms with van der Waals surface area (Å²) in [5.41, 5.74) is 2.45. The molecule has 3 rings (SSSR count). The zero-order valence-electron chi connectivity index (χ0n) is 17.3. The Hall–Kier alpha value is -2.38. The van der Waals surface area contributed by atoms with Crippen molar-refractivity contribution in [3.63, 3.8) is 0 Å². The maximum atomic E-state index is 12.8. The van der Waals surface area contributed by atoms with Gasteiger partial charge in [0.05, 0.1) is 25.5 Å². The number of ether oxygens (including phenoxy) is 1. The van der Waals surface area contributed by atoms with Crippen LogP contribution in [0.15, 0.2) is 36.5 Å². The van der Waals surface area contributed by atoms with Gasteiger partial charge in [0, 0.05) is 37.4 Å². The Labute approximate surface area is 167 Å². The normalized spacial score (nSPS) is 15.9. The Morgan fingerprint density at radius 1 is 1.21 bits per heavy atom. The molecule has 1 fully saturated rings. The largest absolute Gasteiger partial charge is 0.378 e. The van der Waals surface area contributed by atoms with Crippen molar-refractivity contribution in [2.75, 3.05) is 43.6 Å². The van der Waals surface area contributed by atoms with Crippen LogP contribution in [0.1, 0.15) is 32.4 Å². The van der Waals surface area contributed by atoms with Gasteiger partial charge in [0.15, 0.2) is 0 Å². The molecule has 28 heavy (non-hydrogen) atoms. The first-order valence-corrected chi connectivity index (χ1v) is 9.92. The van der Waals surface area contributed by atoms with Crippen molar-refractivity contribution in [1.29, 1.82) is 0 Å². The van der Waals surface area contributed by atoms with Crippen LogP contribution in [-0.4, -0.2) is 60.0 Å². The molecule has 0 spiro atoms. The van der Waals surface area contributed by atoms with Crippen LogP contribution in [0.4, 0.5) is 11.5 Å². The first-order chi connectivity index (χ1) is 13.5. The molecular formula is C21H31N5O2. The van der Waals surface area contributed by atoms with E-state index in [1.165, 1.54) is 11.3 Å². The van der Waals surface area contributed by atoms with Gasteiger partial charge in [-0.3, -0.25) is 9.69 Å². The van der Waals surface area contributed by atoms with E-state index in [1.807, 2.05) is 38.6 Å². The lowest BCUT2D eigenvalue weighted by molar-refractivity contribution is -0.120. The van der Waals surface area contributed by atoms with Crippen LogP contribution in [0.25, 0.3) is 0 Å². The summed E-state index contributed by atoms with van der Waals surface area (Å²) in [6.45, 7) is 10.0. The van der Waals surface area contributed by atoms with Crippen molar-refractivity contribution in [2.24, 2.45) is 0 Å². The van der Waals surface area contributed by atoms with Crippen molar-refractivity contribution < 1.29 is 9.53 Å². The third kappa shape index (κ3) is 4.72. The molecule has 2 heterocycles. The molecule has 1 saturated heterocycles. The highest BCUT2D eigenvalue weighted by molar-refractivity contribution is 5.93. The Bertz CT molecular complexity index is 783. The zero-order chi connectivity index (χ0) is 20.1. The topological polar surface area (TPSA) is 62.6 Å². The molecule has 0 aliphatic carbocycles. The van der Waals surface area contributed by atoms with Crippen molar-refractivity contribution in [1.82, 2.24) is 14.7 Å². The lowest BCUT2D eigenvalue weighted by atomic mass is 10.1. The molecule has 0 radical (unpaired) electrons. The summed E-state index contributed by atoms with van der Waals surface area (Å²) >= 11 is 0. The van der Waals surface area contributed by atoms with Gasteiger partial charge in [-0.1, -0.05) is 18.2 Å². The predicted molar refractivity (Wildman–Crippen MR) is 112 cm³/mol. The van der Waals surface area contributed by atoms with Crippen LogP contribution < -0.4 is 10.2 Å². The van der Waals surface area contributed by atoms with Gasteiger partial charge in [-0.25, -0.2) is 4.68 Å². The summed E-state index contributed by atoms with van der Waals surface area (Å²) < 4.78 is 7.29. The number of aromatic nitrogens is 2. The number of benzene rings is 1. The summed E-state index contributed by atoms with van der Waals surface area (Å²) in [6, 6.07) is 10.2. The smallest absolute Gasteiger partial charge is 0.242 e. The molecule has 1 amide bonds. The Morgan fingerprint density at radius 2 is 1.93 bits per heavy atom. The summed E-state index contributed by atoms with van der Waals surface area (Å²) in [5, 5.41) is 7.29. The maximum absolute atomic E-state index is 12.8. The number of hydrogen-bond acceptors (Lipinski definition) is 5.